The molecule has 22 heavy (non-hydrogen) atoms. The minimum Gasteiger partial charge on any atom is -0.469 e. The highest BCUT2D eigenvalue weighted by Gasteiger charge is 2.53. The summed E-state index contributed by atoms with van der Waals surface area (Å²) >= 11 is 12.1. The predicted molar refractivity (Wildman–Crippen MR) is 85.3 cm³/mol. The number of ether oxygens (including phenoxy) is 1. The fourth-order valence-corrected chi connectivity index (χ4v) is 4.36. The zero-order valence-corrected chi connectivity index (χ0v) is 14.0. The normalized spacial score (nSPS) is 34.7. The predicted octanol–water partition coefficient (Wildman–Crippen LogP) is 2.70. The minimum absolute atomic E-state index is 0.0226. The molecule has 2 aliphatic rings. The van der Waals surface area contributed by atoms with Crippen molar-refractivity contribution in [3.8, 4) is 0 Å². The molecule has 1 N–H and O–H groups in total. The summed E-state index contributed by atoms with van der Waals surface area (Å²) < 4.78 is 5.01. The van der Waals surface area contributed by atoms with Crippen LogP contribution in [0.1, 0.15) is 24.3 Å². The van der Waals surface area contributed by atoms with Crippen molar-refractivity contribution in [3.63, 3.8) is 0 Å². The van der Waals surface area contributed by atoms with Gasteiger partial charge in [-0.15, -0.1) is 0 Å². The summed E-state index contributed by atoms with van der Waals surface area (Å²) in [5.74, 6) is -0.709. The van der Waals surface area contributed by atoms with Gasteiger partial charge < -0.3 is 9.84 Å². The molecule has 4 nitrogen and oxygen atoms in total. The zero-order chi connectivity index (χ0) is 16.0. The average Bonchev–Trinajstić information content (AvgIpc) is 2.68. The van der Waals surface area contributed by atoms with Crippen LogP contribution in [0.2, 0.25) is 10.0 Å². The van der Waals surface area contributed by atoms with Crippen LogP contribution in [0.3, 0.4) is 0 Å². The third-order valence-corrected chi connectivity index (χ3v) is 5.87. The number of hydrogen-bond acceptors (Lipinski definition) is 4. The van der Waals surface area contributed by atoms with Crippen molar-refractivity contribution in [2.45, 2.75) is 36.9 Å². The molecule has 1 aromatic rings. The summed E-state index contributed by atoms with van der Waals surface area (Å²) in [5, 5.41) is 11.3. The van der Waals surface area contributed by atoms with Gasteiger partial charge >= 0.3 is 5.97 Å². The summed E-state index contributed by atoms with van der Waals surface area (Å²) in [6, 6.07) is 5.53. The van der Waals surface area contributed by atoms with Crippen molar-refractivity contribution < 1.29 is 14.6 Å². The Morgan fingerprint density at radius 2 is 2.05 bits per heavy atom. The molecule has 0 amide bonds. The van der Waals surface area contributed by atoms with E-state index in [2.05, 4.69) is 4.90 Å². The number of likely N-dealkylation sites (N-methyl/N-ethyl adjacent to an activating group) is 1. The van der Waals surface area contributed by atoms with Crippen molar-refractivity contribution in [2.75, 3.05) is 14.2 Å². The number of esters is 1. The standard InChI is InChI=1S/C16H19Cl2NO3/c1-19-9-6-10(8-3-4-11(17)12(18)5-8)14(16(21)22-2)15(19)13(20)7-9/h3-5,9-10,13-15,20H,6-7H2,1-2H3/t9-,10-,13-,14+,15-/m1/s1. The Morgan fingerprint density at radius 3 is 2.68 bits per heavy atom. The Labute approximate surface area is 140 Å². The Kier molecular flexibility index (Phi) is 4.38. The first-order chi connectivity index (χ1) is 10.4. The largest absolute Gasteiger partial charge is 0.469 e. The number of nitrogens with zero attached hydrogens (tertiary/aromatic N) is 1. The van der Waals surface area contributed by atoms with E-state index in [9.17, 15) is 9.90 Å². The van der Waals surface area contributed by atoms with E-state index in [1.807, 2.05) is 19.2 Å². The number of aliphatic hydroxyl groups excluding tert-OH is 1. The van der Waals surface area contributed by atoms with Crippen LogP contribution in [0.4, 0.5) is 0 Å². The Balaban J connectivity index is 2.01. The highest BCUT2D eigenvalue weighted by atomic mass is 35.5. The van der Waals surface area contributed by atoms with Crippen molar-refractivity contribution in [2.24, 2.45) is 5.92 Å². The van der Waals surface area contributed by atoms with Gasteiger partial charge in [-0.25, -0.2) is 0 Å². The van der Waals surface area contributed by atoms with E-state index >= 15 is 0 Å². The van der Waals surface area contributed by atoms with Gasteiger partial charge in [0, 0.05) is 18.0 Å². The second-order valence-corrected chi connectivity index (χ2v) is 6.99. The molecule has 0 unspecified atom stereocenters. The third kappa shape index (κ3) is 2.52. The molecule has 0 aromatic heterocycles. The van der Waals surface area contributed by atoms with Crippen LogP contribution in [-0.4, -0.2) is 48.3 Å². The van der Waals surface area contributed by atoms with E-state index in [1.54, 1.807) is 6.07 Å². The lowest BCUT2D eigenvalue weighted by atomic mass is 9.76. The molecule has 5 atom stereocenters. The number of aliphatic hydroxyl groups is 1. The summed E-state index contributed by atoms with van der Waals surface area (Å²) in [6.07, 6.45) is 0.973. The molecular weight excluding hydrogens is 325 g/mol. The Bertz CT molecular complexity index is 595. The van der Waals surface area contributed by atoms with Crippen LogP contribution in [-0.2, 0) is 9.53 Å². The average molecular weight is 344 g/mol. The second kappa shape index (κ2) is 6.00. The van der Waals surface area contributed by atoms with Crippen molar-refractivity contribution in [1.29, 1.82) is 0 Å². The topological polar surface area (TPSA) is 49.8 Å². The molecule has 2 aliphatic heterocycles. The highest BCUT2D eigenvalue weighted by Crippen LogP contribution is 2.47. The lowest BCUT2D eigenvalue weighted by Gasteiger charge is -2.42. The van der Waals surface area contributed by atoms with Gasteiger partial charge in [-0.3, -0.25) is 9.69 Å². The molecule has 0 saturated carbocycles. The van der Waals surface area contributed by atoms with Gasteiger partial charge in [0.1, 0.15) is 0 Å². The zero-order valence-electron chi connectivity index (χ0n) is 12.5. The third-order valence-electron chi connectivity index (χ3n) is 5.13. The number of rotatable bonds is 2. The fourth-order valence-electron chi connectivity index (χ4n) is 4.06. The van der Waals surface area contributed by atoms with Gasteiger partial charge in [0.15, 0.2) is 0 Å². The maximum atomic E-state index is 12.4. The maximum Gasteiger partial charge on any atom is 0.310 e. The summed E-state index contributed by atoms with van der Waals surface area (Å²) in [7, 11) is 3.36. The fraction of sp³-hybridized carbons (Fsp3) is 0.562. The molecule has 0 radical (unpaired) electrons. The van der Waals surface area contributed by atoms with E-state index in [4.69, 9.17) is 27.9 Å². The smallest absolute Gasteiger partial charge is 0.310 e. The number of carbonyl (C=O) groups is 1. The molecular formula is C16H19Cl2NO3. The summed E-state index contributed by atoms with van der Waals surface area (Å²) in [6.45, 7) is 0. The number of piperidine rings is 1. The molecule has 2 heterocycles. The lowest BCUT2D eigenvalue weighted by molar-refractivity contribution is -0.151. The summed E-state index contributed by atoms with van der Waals surface area (Å²) in [5.41, 5.74) is 0.974. The molecule has 0 spiro atoms. The quantitative estimate of drug-likeness (QED) is 0.838. The minimum atomic E-state index is -0.508. The SMILES string of the molecule is COC(=O)[C@@H]1[C@H]2[C@H](O)C[C@@H](C[C@@H]1c1ccc(Cl)c(Cl)c1)N2C. The number of benzene rings is 1. The molecule has 2 fully saturated rings. The first kappa shape index (κ1) is 16.1. The summed E-state index contributed by atoms with van der Waals surface area (Å²) in [4.78, 5) is 14.5. The van der Waals surface area contributed by atoms with Crippen molar-refractivity contribution in [1.82, 2.24) is 4.90 Å². The van der Waals surface area contributed by atoms with Gasteiger partial charge in [0.25, 0.3) is 0 Å². The molecule has 2 saturated heterocycles. The molecule has 3 rings (SSSR count). The van der Waals surface area contributed by atoms with Gasteiger partial charge in [0.05, 0.1) is 29.2 Å². The van der Waals surface area contributed by atoms with Crippen LogP contribution >= 0.6 is 23.2 Å². The van der Waals surface area contributed by atoms with Crippen molar-refractivity contribution in [3.05, 3.63) is 33.8 Å². The van der Waals surface area contributed by atoms with Gasteiger partial charge in [0.2, 0.25) is 0 Å². The number of hydrogen-bond donors (Lipinski definition) is 1. The molecule has 0 aliphatic carbocycles. The first-order valence-electron chi connectivity index (χ1n) is 7.36. The van der Waals surface area contributed by atoms with Gasteiger partial charge in [-0.2, -0.15) is 0 Å². The second-order valence-electron chi connectivity index (χ2n) is 6.18. The number of fused-ring (bicyclic) bond motifs is 2. The molecule has 1 aromatic carbocycles. The van der Waals surface area contributed by atoms with Crippen LogP contribution in [0.5, 0.6) is 0 Å². The van der Waals surface area contributed by atoms with Crippen LogP contribution in [0.25, 0.3) is 0 Å². The number of methoxy groups -OCH3 is 1. The monoisotopic (exact) mass is 343 g/mol. The first-order valence-corrected chi connectivity index (χ1v) is 8.12. The highest BCUT2D eigenvalue weighted by molar-refractivity contribution is 6.42. The van der Waals surface area contributed by atoms with Crippen LogP contribution < -0.4 is 0 Å². The maximum absolute atomic E-state index is 12.4. The molecule has 6 heteroatoms. The molecule has 2 bridgehead atoms. The van der Waals surface area contributed by atoms with E-state index in [1.165, 1.54) is 7.11 Å². The van der Waals surface area contributed by atoms with Gasteiger partial charge in [-0.05, 0) is 37.6 Å². The van der Waals surface area contributed by atoms with Crippen LogP contribution in [0.15, 0.2) is 18.2 Å². The lowest BCUT2D eigenvalue weighted by Crippen LogP contribution is -2.51. The number of carbonyl (C=O) groups excluding carboxylic acids is 1. The Hall–Kier alpha value is -0.810. The van der Waals surface area contributed by atoms with E-state index in [-0.39, 0.29) is 24.0 Å². The van der Waals surface area contributed by atoms with Crippen LogP contribution in [0, 0.1) is 5.92 Å². The number of halogens is 2. The Morgan fingerprint density at radius 1 is 1.32 bits per heavy atom. The van der Waals surface area contributed by atoms with E-state index in [0.717, 1.165) is 12.0 Å². The molecule has 120 valence electrons. The van der Waals surface area contributed by atoms with Crippen molar-refractivity contribution >= 4 is 29.2 Å². The van der Waals surface area contributed by atoms with Gasteiger partial charge in [-0.1, -0.05) is 29.3 Å². The van der Waals surface area contributed by atoms with E-state index < -0.39 is 12.0 Å². The van der Waals surface area contributed by atoms with E-state index in [0.29, 0.717) is 16.5 Å².